The van der Waals surface area contributed by atoms with Gasteiger partial charge in [-0.05, 0) is 34.1 Å². The van der Waals surface area contributed by atoms with Crippen molar-refractivity contribution in [2.24, 2.45) is 7.05 Å². The molecule has 0 fully saturated rings. The molecule has 3 aromatic rings. The lowest BCUT2D eigenvalue weighted by Gasteiger charge is -2.29. The van der Waals surface area contributed by atoms with Crippen molar-refractivity contribution < 1.29 is 14.3 Å². The van der Waals surface area contributed by atoms with Gasteiger partial charge in [0, 0.05) is 31.0 Å². The number of carbonyl (C=O) groups is 2. The Labute approximate surface area is 164 Å². The van der Waals surface area contributed by atoms with Gasteiger partial charge in [-0.15, -0.1) is 0 Å². The molecule has 1 aliphatic heterocycles. The Kier molecular flexibility index (Phi) is 4.61. The first-order valence-corrected chi connectivity index (χ1v) is 9.40. The van der Waals surface area contributed by atoms with Gasteiger partial charge in [-0.3, -0.25) is 9.59 Å². The first-order chi connectivity index (χ1) is 13.1. The Morgan fingerprint density at radius 1 is 1.19 bits per heavy atom. The van der Waals surface area contributed by atoms with E-state index in [0.717, 1.165) is 21.1 Å². The number of fused-ring (bicyclic) bond motifs is 2. The zero-order valence-corrected chi connectivity index (χ0v) is 16.3. The van der Waals surface area contributed by atoms with Crippen LogP contribution in [0.4, 0.5) is 5.69 Å². The van der Waals surface area contributed by atoms with Crippen molar-refractivity contribution in [2.45, 2.75) is 0 Å². The summed E-state index contributed by atoms with van der Waals surface area (Å²) in [4.78, 5) is 26.6. The maximum absolute atomic E-state index is 12.7. The number of hydrogen-bond acceptors (Lipinski definition) is 3. The second-order valence-corrected chi connectivity index (χ2v) is 7.09. The second kappa shape index (κ2) is 7.08. The molecule has 1 N–H and O–H groups in total. The number of hydrogen-bond donors (Lipinski definition) is 1. The average molecular weight is 428 g/mol. The summed E-state index contributed by atoms with van der Waals surface area (Å²) < 4.78 is 8.07. The number of aryl methyl sites for hydroxylation is 1. The lowest BCUT2D eigenvalue weighted by molar-refractivity contribution is -0.121. The van der Waals surface area contributed by atoms with Crippen molar-refractivity contribution in [1.82, 2.24) is 9.88 Å². The first-order valence-electron chi connectivity index (χ1n) is 8.61. The van der Waals surface area contributed by atoms with Crippen LogP contribution < -0.4 is 15.0 Å². The van der Waals surface area contributed by atoms with Crippen LogP contribution in [0.5, 0.6) is 5.75 Å². The normalized spacial score (nSPS) is 13.4. The summed E-state index contributed by atoms with van der Waals surface area (Å²) in [6.45, 7) is 0.735. The molecule has 2 aromatic carbocycles. The van der Waals surface area contributed by atoms with Crippen LogP contribution in [0.15, 0.2) is 53.0 Å². The van der Waals surface area contributed by atoms with E-state index in [1.54, 1.807) is 4.90 Å². The molecule has 6 nitrogen and oxygen atoms in total. The number of nitrogens with one attached hydrogen (secondary N) is 1. The predicted octanol–water partition coefficient (Wildman–Crippen LogP) is 3.10. The predicted molar refractivity (Wildman–Crippen MR) is 107 cm³/mol. The summed E-state index contributed by atoms with van der Waals surface area (Å²) in [5.41, 5.74) is 2.27. The van der Waals surface area contributed by atoms with E-state index in [0.29, 0.717) is 24.5 Å². The standard InChI is InChI=1S/C20H18BrN3O3/c1-23-14-7-3-2-6-13(14)18(21)19(23)20(26)22-10-11-24-15-8-4-5-9-16(15)27-12-17(24)25/h2-9H,10-12H2,1H3,(H,22,26). The molecule has 0 aliphatic carbocycles. The third-order valence-electron chi connectivity index (χ3n) is 4.69. The van der Waals surface area contributed by atoms with Gasteiger partial charge in [-0.2, -0.15) is 0 Å². The minimum absolute atomic E-state index is 0.0136. The summed E-state index contributed by atoms with van der Waals surface area (Å²) in [6.07, 6.45) is 0. The molecule has 2 amide bonds. The van der Waals surface area contributed by atoms with Crippen molar-refractivity contribution in [3.05, 3.63) is 58.7 Å². The van der Waals surface area contributed by atoms with Gasteiger partial charge >= 0.3 is 0 Å². The van der Waals surface area contributed by atoms with Gasteiger partial charge in [-0.25, -0.2) is 0 Å². The smallest absolute Gasteiger partial charge is 0.269 e. The van der Waals surface area contributed by atoms with Crippen LogP contribution in [0.25, 0.3) is 10.9 Å². The van der Waals surface area contributed by atoms with E-state index in [1.807, 2.05) is 60.1 Å². The van der Waals surface area contributed by atoms with E-state index in [4.69, 9.17) is 4.74 Å². The quantitative estimate of drug-likeness (QED) is 0.695. The summed E-state index contributed by atoms with van der Waals surface area (Å²) >= 11 is 3.54. The minimum atomic E-state index is -0.186. The Balaban J connectivity index is 1.49. The fourth-order valence-corrected chi connectivity index (χ4v) is 4.14. The molecule has 27 heavy (non-hydrogen) atoms. The zero-order chi connectivity index (χ0) is 19.0. The van der Waals surface area contributed by atoms with Crippen LogP contribution >= 0.6 is 15.9 Å². The monoisotopic (exact) mass is 427 g/mol. The highest BCUT2D eigenvalue weighted by molar-refractivity contribution is 9.10. The number of para-hydroxylation sites is 3. The fraction of sp³-hybridized carbons (Fsp3) is 0.200. The molecule has 0 atom stereocenters. The lowest BCUT2D eigenvalue weighted by Crippen LogP contribution is -2.43. The summed E-state index contributed by atoms with van der Waals surface area (Å²) in [5, 5.41) is 3.90. The van der Waals surface area contributed by atoms with Crippen molar-refractivity contribution >= 4 is 44.3 Å². The maximum atomic E-state index is 12.7. The number of rotatable bonds is 4. The highest BCUT2D eigenvalue weighted by atomic mass is 79.9. The Morgan fingerprint density at radius 2 is 1.93 bits per heavy atom. The lowest BCUT2D eigenvalue weighted by atomic mass is 10.2. The number of benzene rings is 2. The van der Waals surface area contributed by atoms with Crippen molar-refractivity contribution in [3.63, 3.8) is 0 Å². The van der Waals surface area contributed by atoms with E-state index in [2.05, 4.69) is 21.2 Å². The molecule has 0 spiro atoms. The molecular weight excluding hydrogens is 410 g/mol. The van der Waals surface area contributed by atoms with Crippen LogP contribution in [0.2, 0.25) is 0 Å². The molecule has 0 radical (unpaired) electrons. The molecule has 0 bridgehead atoms. The molecule has 2 heterocycles. The Bertz CT molecular complexity index is 1010. The third kappa shape index (κ3) is 3.08. The summed E-state index contributed by atoms with van der Waals surface area (Å²) in [6, 6.07) is 15.2. The van der Waals surface area contributed by atoms with E-state index >= 15 is 0 Å². The Morgan fingerprint density at radius 3 is 2.74 bits per heavy atom. The summed E-state index contributed by atoms with van der Waals surface area (Å²) in [7, 11) is 1.86. The van der Waals surface area contributed by atoms with Gasteiger partial charge in [-0.1, -0.05) is 30.3 Å². The van der Waals surface area contributed by atoms with Crippen molar-refractivity contribution in [3.8, 4) is 5.75 Å². The van der Waals surface area contributed by atoms with Gasteiger partial charge < -0.3 is 19.5 Å². The average Bonchev–Trinajstić information content (AvgIpc) is 2.94. The SMILES string of the molecule is Cn1c(C(=O)NCCN2C(=O)COc3ccccc32)c(Br)c2ccccc21. The number of aromatic nitrogens is 1. The van der Waals surface area contributed by atoms with Crippen LogP contribution in [0.1, 0.15) is 10.5 Å². The number of carbonyl (C=O) groups excluding carboxylic acids is 2. The number of nitrogens with zero attached hydrogens (tertiary/aromatic N) is 2. The fourth-order valence-electron chi connectivity index (χ4n) is 3.36. The summed E-state index contributed by atoms with van der Waals surface area (Å²) in [5.74, 6) is 0.378. The van der Waals surface area contributed by atoms with Gasteiger partial charge in [0.25, 0.3) is 11.8 Å². The van der Waals surface area contributed by atoms with Gasteiger partial charge in [0.05, 0.1) is 10.2 Å². The molecule has 0 saturated carbocycles. The molecule has 0 saturated heterocycles. The van der Waals surface area contributed by atoms with Crippen molar-refractivity contribution in [2.75, 3.05) is 24.6 Å². The topological polar surface area (TPSA) is 63.6 Å². The second-order valence-electron chi connectivity index (χ2n) is 6.30. The van der Waals surface area contributed by atoms with Crippen molar-refractivity contribution in [1.29, 1.82) is 0 Å². The van der Waals surface area contributed by atoms with Crippen LogP contribution in [0, 0.1) is 0 Å². The molecule has 0 unspecified atom stereocenters. The number of anilines is 1. The van der Waals surface area contributed by atoms with Crippen LogP contribution in [-0.4, -0.2) is 36.1 Å². The highest BCUT2D eigenvalue weighted by Crippen LogP contribution is 2.31. The number of ether oxygens (including phenoxy) is 1. The van der Waals surface area contributed by atoms with Crippen LogP contribution in [0.3, 0.4) is 0 Å². The molecule has 7 heteroatoms. The van der Waals surface area contributed by atoms with E-state index < -0.39 is 0 Å². The van der Waals surface area contributed by atoms with Crippen LogP contribution in [-0.2, 0) is 11.8 Å². The van der Waals surface area contributed by atoms with E-state index in [-0.39, 0.29) is 18.4 Å². The van der Waals surface area contributed by atoms with Gasteiger partial charge in [0.2, 0.25) is 0 Å². The zero-order valence-electron chi connectivity index (χ0n) is 14.7. The largest absolute Gasteiger partial charge is 0.482 e. The van der Waals surface area contributed by atoms with E-state index in [1.165, 1.54) is 0 Å². The number of amides is 2. The minimum Gasteiger partial charge on any atom is -0.482 e. The maximum Gasteiger partial charge on any atom is 0.269 e. The molecular formula is C20H18BrN3O3. The molecule has 1 aromatic heterocycles. The highest BCUT2D eigenvalue weighted by Gasteiger charge is 2.25. The van der Waals surface area contributed by atoms with Gasteiger partial charge in [0.1, 0.15) is 11.4 Å². The molecule has 1 aliphatic rings. The number of halogens is 1. The molecule has 4 rings (SSSR count). The van der Waals surface area contributed by atoms with E-state index in [9.17, 15) is 9.59 Å². The molecule has 138 valence electrons. The first kappa shape index (κ1) is 17.6. The Hall–Kier alpha value is -2.80. The van der Waals surface area contributed by atoms with Gasteiger partial charge in [0.15, 0.2) is 6.61 Å². The third-order valence-corrected chi connectivity index (χ3v) is 5.49.